The Kier molecular flexibility index (Phi) is 9.78. The largest absolute Gasteiger partial charge is 0.463 e. The molecule has 2 saturated carbocycles. The van der Waals surface area contributed by atoms with Crippen LogP contribution in [0.15, 0.2) is 23.3 Å². The maximum Gasteiger partial charge on any atom is 0.302 e. The SMILES string of the molecule is C/C=C\C.CC(=O)OC1CCC2(C)C3=C(CCC2C1)C1CCC(C(C)CCCC(C)C)C1(C)CC3. The lowest BCUT2D eigenvalue weighted by molar-refractivity contribution is -0.150. The third-order valence-electron chi connectivity index (χ3n) is 10.8. The van der Waals surface area contributed by atoms with Crippen molar-refractivity contribution < 1.29 is 9.53 Å². The van der Waals surface area contributed by atoms with Gasteiger partial charge < -0.3 is 4.74 Å². The summed E-state index contributed by atoms with van der Waals surface area (Å²) in [6.45, 7) is 18.1. The fourth-order valence-corrected chi connectivity index (χ4v) is 8.79. The molecule has 2 heteroatoms. The lowest BCUT2D eigenvalue weighted by Crippen LogP contribution is -2.46. The molecule has 4 aliphatic rings. The van der Waals surface area contributed by atoms with Gasteiger partial charge in [0.05, 0.1) is 0 Å². The minimum atomic E-state index is -0.0998. The monoisotopic (exact) mass is 484 g/mol. The molecule has 0 radical (unpaired) electrons. The van der Waals surface area contributed by atoms with E-state index in [2.05, 4.69) is 34.6 Å². The third kappa shape index (κ3) is 6.10. The van der Waals surface area contributed by atoms with Crippen molar-refractivity contribution >= 4 is 5.97 Å². The molecule has 7 unspecified atom stereocenters. The second kappa shape index (κ2) is 12.0. The molecule has 2 nitrogen and oxygen atoms in total. The van der Waals surface area contributed by atoms with Gasteiger partial charge in [0.1, 0.15) is 6.10 Å². The van der Waals surface area contributed by atoms with Gasteiger partial charge in [-0.2, -0.15) is 0 Å². The van der Waals surface area contributed by atoms with Crippen LogP contribution < -0.4 is 0 Å². The van der Waals surface area contributed by atoms with Crippen LogP contribution in [0, 0.1) is 40.4 Å². The molecule has 35 heavy (non-hydrogen) atoms. The predicted octanol–water partition coefficient (Wildman–Crippen LogP) is 9.69. The zero-order valence-electron chi connectivity index (χ0n) is 24.4. The molecule has 4 rings (SSSR count). The first-order valence-electron chi connectivity index (χ1n) is 15.0. The van der Waals surface area contributed by atoms with Crippen molar-refractivity contribution in [1.82, 2.24) is 0 Å². The molecule has 0 N–H and O–H groups in total. The van der Waals surface area contributed by atoms with E-state index in [1.807, 2.05) is 37.1 Å². The maximum atomic E-state index is 11.5. The van der Waals surface area contributed by atoms with Gasteiger partial charge in [0.15, 0.2) is 0 Å². The van der Waals surface area contributed by atoms with Crippen molar-refractivity contribution in [2.24, 2.45) is 40.4 Å². The Hall–Kier alpha value is -1.05. The third-order valence-corrected chi connectivity index (χ3v) is 10.8. The van der Waals surface area contributed by atoms with Crippen molar-refractivity contribution in [3.63, 3.8) is 0 Å². The van der Waals surface area contributed by atoms with Gasteiger partial charge in [0.2, 0.25) is 0 Å². The summed E-state index contributed by atoms with van der Waals surface area (Å²) >= 11 is 0. The van der Waals surface area contributed by atoms with Crippen LogP contribution in [0.4, 0.5) is 0 Å². The predicted molar refractivity (Wildman–Crippen MR) is 149 cm³/mol. The first-order chi connectivity index (χ1) is 16.6. The lowest BCUT2D eigenvalue weighted by atomic mass is 9.50. The topological polar surface area (TPSA) is 26.3 Å². The second-order valence-corrected chi connectivity index (χ2v) is 13.4. The molecule has 200 valence electrons. The number of fused-ring (bicyclic) bond motifs is 4. The number of hydrogen-bond acceptors (Lipinski definition) is 2. The average Bonchev–Trinajstić information content (AvgIpc) is 3.16. The van der Waals surface area contributed by atoms with Gasteiger partial charge in [-0.25, -0.2) is 0 Å². The second-order valence-electron chi connectivity index (χ2n) is 13.4. The number of carbonyl (C=O) groups excluding carboxylic acids is 1. The van der Waals surface area contributed by atoms with Gasteiger partial charge in [0, 0.05) is 6.92 Å². The van der Waals surface area contributed by atoms with E-state index in [1.165, 1.54) is 64.2 Å². The standard InChI is InChI=1S/C29H48O2.C4H8/c1-19(2)8-7-9-20(3)25-12-13-26-24-11-10-22-18-23(31-21(4)30)14-16-28(22,5)27(24)15-17-29(25,26)6;1-3-4-2/h19-20,22-23,25-26H,7-18H2,1-6H3;3-4H,1-2H3/b;4-3-. The van der Waals surface area contributed by atoms with Crippen LogP contribution in [0.2, 0.25) is 0 Å². The Morgan fingerprint density at radius 1 is 1.00 bits per heavy atom. The molecule has 0 aromatic carbocycles. The van der Waals surface area contributed by atoms with E-state index in [1.54, 1.807) is 6.92 Å². The highest BCUT2D eigenvalue weighted by atomic mass is 16.5. The van der Waals surface area contributed by atoms with Crippen LogP contribution in [-0.2, 0) is 9.53 Å². The summed E-state index contributed by atoms with van der Waals surface area (Å²) in [7, 11) is 0. The first-order valence-corrected chi connectivity index (χ1v) is 15.0. The summed E-state index contributed by atoms with van der Waals surface area (Å²) in [5.41, 5.74) is 4.66. The van der Waals surface area contributed by atoms with E-state index in [0.717, 1.165) is 36.5 Å². The van der Waals surface area contributed by atoms with Crippen molar-refractivity contribution in [2.45, 2.75) is 139 Å². The van der Waals surface area contributed by atoms with Gasteiger partial charge in [-0.3, -0.25) is 4.79 Å². The van der Waals surface area contributed by atoms with Crippen molar-refractivity contribution in [3.8, 4) is 0 Å². The molecule has 0 aromatic rings. The number of ether oxygens (including phenoxy) is 1. The van der Waals surface area contributed by atoms with E-state index >= 15 is 0 Å². The fourth-order valence-electron chi connectivity index (χ4n) is 8.79. The van der Waals surface area contributed by atoms with Crippen LogP contribution in [-0.4, -0.2) is 12.1 Å². The molecular weight excluding hydrogens is 428 g/mol. The van der Waals surface area contributed by atoms with Gasteiger partial charge in [-0.05, 0) is 112 Å². The van der Waals surface area contributed by atoms with Crippen LogP contribution in [0.25, 0.3) is 0 Å². The summed E-state index contributed by atoms with van der Waals surface area (Å²) < 4.78 is 5.64. The molecule has 0 aromatic heterocycles. The van der Waals surface area contributed by atoms with Gasteiger partial charge in [-0.1, -0.05) is 77.2 Å². The van der Waals surface area contributed by atoms with Crippen molar-refractivity contribution in [3.05, 3.63) is 23.3 Å². The summed E-state index contributed by atoms with van der Waals surface area (Å²) in [5.74, 6) is 4.09. The molecule has 0 bridgehead atoms. The Bertz CT molecular complexity index is 772. The minimum Gasteiger partial charge on any atom is -0.463 e. The zero-order chi connectivity index (χ0) is 25.8. The highest BCUT2D eigenvalue weighted by Gasteiger charge is 2.56. The van der Waals surface area contributed by atoms with E-state index < -0.39 is 0 Å². The van der Waals surface area contributed by atoms with Gasteiger partial charge in [-0.15, -0.1) is 0 Å². The maximum absolute atomic E-state index is 11.5. The van der Waals surface area contributed by atoms with E-state index in [-0.39, 0.29) is 12.1 Å². The number of carbonyl (C=O) groups is 1. The summed E-state index contributed by atoms with van der Waals surface area (Å²) in [6.07, 6.45) is 20.0. The molecule has 0 saturated heterocycles. The minimum absolute atomic E-state index is 0.0998. The summed E-state index contributed by atoms with van der Waals surface area (Å²) in [6, 6.07) is 0. The average molecular weight is 485 g/mol. The normalized spacial score (nSPS) is 37.3. The van der Waals surface area contributed by atoms with Crippen LogP contribution in [0.3, 0.4) is 0 Å². The molecule has 0 heterocycles. The number of rotatable bonds is 6. The Morgan fingerprint density at radius 2 is 1.71 bits per heavy atom. The van der Waals surface area contributed by atoms with E-state index in [0.29, 0.717) is 16.7 Å². The number of allylic oxidation sites excluding steroid dienone is 4. The van der Waals surface area contributed by atoms with Crippen molar-refractivity contribution in [2.75, 3.05) is 0 Å². The zero-order valence-corrected chi connectivity index (χ0v) is 24.4. The summed E-state index contributed by atoms with van der Waals surface area (Å²) in [4.78, 5) is 11.5. The van der Waals surface area contributed by atoms with E-state index in [4.69, 9.17) is 4.74 Å². The first kappa shape index (κ1) is 28.5. The Morgan fingerprint density at radius 3 is 2.34 bits per heavy atom. The molecule has 0 amide bonds. The molecule has 0 aliphatic heterocycles. The Balaban J connectivity index is 0.000000795. The molecule has 2 fully saturated rings. The van der Waals surface area contributed by atoms with Gasteiger partial charge in [0.25, 0.3) is 0 Å². The highest BCUT2D eigenvalue weighted by Crippen LogP contribution is 2.66. The van der Waals surface area contributed by atoms with Crippen LogP contribution in [0.1, 0.15) is 132 Å². The molecular formula is C33H56O2. The highest BCUT2D eigenvalue weighted by molar-refractivity contribution is 5.66. The number of esters is 1. The summed E-state index contributed by atoms with van der Waals surface area (Å²) in [5, 5.41) is 0. The van der Waals surface area contributed by atoms with Crippen molar-refractivity contribution in [1.29, 1.82) is 0 Å². The molecule has 7 atom stereocenters. The van der Waals surface area contributed by atoms with Crippen LogP contribution in [0.5, 0.6) is 0 Å². The fraction of sp³-hybridized carbons (Fsp3) is 0.848. The number of hydrogen-bond donors (Lipinski definition) is 0. The quantitative estimate of drug-likeness (QED) is 0.277. The lowest BCUT2D eigenvalue weighted by Gasteiger charge is -2.55. The van der Waals surface area contributed by atoms with E-state index in [9.17, 15) is 4.79 Å². The molecule has 0 spiro atoms. The molecule has 4 aliphatic carbocycles. The smallest absolute Gasteiger partial charge is 0.302 e. The van der Waals surface area contributed by atoms with Gasteiger partial charge >= 0.3 is 5.97 Å². The van der Waals surface area contributed by atoms with Crippen LogP contribution >= 0.6 is 0 Å². The Labute approximate surface area is 217 Å².